The molecule has 2 aromatic rings. The Morgan fingerprint density at radius 3 is 2.71 bits per heavy atom. The fraction of sp³-hybridized carbons (Fsp3) is 0.429. The molecule has 3 N–H and O–H groups in total. The normalized spacial score (nSPS) is 14.2. The molecule has 2 amide bonds. The second-order valence-electron chi connectivity index (χ2n) is 7.41. The second-order valence-corrected chi connectivity index (χ2v) is 7.41. The number of aryl methyl sites for hydroxylation is 1. The fourth-order valence-corrected chi connectivity index (χ4v) is 3.45. The minimum absolute atomic E-state index is 0.0352. The number of hydrogen-bond donors (Lipinski definition) is 2. The van der Waals surface area contributed by atoms with Gasteiger partial charge in [0.05, 0.1) is 17.4 Å². The summed E-state index contributed by atoms with van der Waals surface area (Å²) in [7, 11) is 1.89. The van der Waals surface area contributed by atoms with E-state index in [1.807, 2.05) is 18.9 Å². The lowest BCUT2D eigenvalue weighted by Gasteiger charge is -2.33. The summed E-state index contributed by atoms with van der Waals surface area (Å²) in [4.78, 5) is 35.9. The molecule has 31 heavy (non-hydrogen) atoms. The number of nitrogens with zero attached hydrogens (tertiary/aromatic N) is 4. The molecule has 10 heteroatoms. The smallest absolute Gasteiger partial charge is 0.251 e. The van der Waals surface area contributed by atoms with Gasteiger partial charge in [-0.25, -0.2) is 9.37 Å². The van der Waals surface area contributed by atoms with Gasteiger partial charge in [0, 0.05) is 38.5 Å². The van der Waals surface area contributed by atoms with Crippen LogP contribution in [0.2, 0.25) is 0 Å². The Labute approximate surface area is 180 Å². The molecule has 0 radical (unpaired) electrons. The summed E-state index contributed by atoms with van der Waals surface area (Å²) in [6.07, 6.45) is 3.83. The number of benzene rings is 1. The first-order valence-corrected chi connectivity index (χ1v) is 10.1. The third-order valence-corrected chi connectivity index (χ3v) is 5.40. The van der Waals surface area contributed by atoms with Gasteiger partial charge < -0.3 is 20.7 Å². The molecule has 0 atom stereocenters. The van der Waals surface area contributed by atoms with Gasteiger partial charge in [0.1, 0.15) is 5.82 Å². The van der Waals surface area contributed by atoms with Crippen molar-refractivity contribution in [1.82, 2.24) is 9.97 Å². The number of rotatable bonds is 8. The summed E-state index contributed by atoms with van der Waals surface area (Å²) in [6.45, 7) is 5.56. The summed E-state index contributed by atoms with van der Waals surface area (Å²) in [5.74, 6) is -0.900. The van der Waals surface area contributed by atoms with E-state index in [1.54, 1.807) is 18.0 Å². The Morgan fingerprint density at radius 1 is 1.39 bits per heavy atom. The molecule has 1 aromatic carbocycles. The second kappa shape index (κ2) is 9.69. The highest BCUT2D eigenvalue weighted by molar-refractivity contribution is 5.94. The zero-order valence-corrected chi connectivity index (χ0v) is 17.9. The number of carbonyl (C=O) groups is 2. The first-order valence-electron chi connectivity index (χ1n) is 10.1. The van der Waals surface area contributed by atoms with Crippen LogP contribution in [-0.2, 0) is 9.53 Å². The van der Waals surface area contributed by atoms with Crippen LogP contribution in [0, 0.1) is 12.7 Å². The Morgan fingerprint density at radius 2 is 2.10 bits per heavy atom. The molecule has 0 bridgehead atoms. The van der Waals surface area contributed by atoms with Gasteiger partial charge in [-0.15, -0.1) is 0 Å². The van der Waals surface area contributed by atoms with Crippen molar-refractivity contribution in [1.29, 1.82) is 0 Å². The predicted octanol–water partition coefficient (Wildman–Crippen LogP) is 2.36. The van der Waals surface area contributed by atoms with E-state index in [1.165, 1.54) is 12.1 Å². The highest BCUT2D eigenvalue weighted by Crippen LogP contribution is 2.31. The molecule has 1 aromatic heterocycles. The number of primary amides is 1. The average Bonchev–Trinajstić information content (AvgIpc) is 2.77. The van der Waals surface area contributed by atoms with Crippen LogP contribution in [0.1, 0.15) is 35.7 Å². The number of hydrogen-bond acceptors (Lipinski definition) is 7. The molecule has 0 saturated carbocycles. The van der Waals surface area contributed by atoms with Gasteiger partial charge in [0.25, 0.3) is 5.91 Å². The van der Waals surface area contributed by atoms with E-state index in [2.05, 4.69) is 15.3 Å². The maximum atomic E-state index is 14.2. The number of aromatic nitrogens is 2. The van der Waals surface area contributed by atoms with Crippen LogP contribution in [0.5, 0.6) is 0 Å². The standard InChI is InChI=1S/C21H27FN6O3/c1-4-27(3)18-11-24-21(25-17-10-16(22)15(19(23)30)9-13(17)2)26-20(18)28(12-29)14-5-7-31-8-6-14/h9-12,14H,4-8H2,1-3H3,(H2,23,30)(H,24,25,26). The summed E-state index contributed by atoms with van der Waals surface area (Å²) in [5.41, 5.74) is 6.73. The van der Waals surface area contributed by atoms with E-state index in [9.17, 15) is 14.0 Å². The first-order chi connectivity index (χ1) is 14.8. The van der Waals surface area contributed by atoms with Crippen molar-refractivity contribution in [3.05, 3.63) is 35.3 Å². The Kier molecular flexibility index (Phi) is 7.01. The average molecular weight is 430 g/mol. The molecule has 1 aliphatic heterocycles. The van der Waals surface area contributed by atoms with Crippen LogP contribution in [0.3, 0.4) is 0 Å². The van der Waals surface area contributed by atoms with E-state index in [-0.39, 0.29) is 17.6 Å². The van der Waals surface area contributed by atoms with Crippen molar-refractivity contribution < 1.29 is 18.7 Å². The van der Waals surface area contributed by atoms with Crippen molar-refractivity contribution >= 4 is 35.5 Å². The van der Waals surface area contributed by atoms with Crippen molar-refractivity contribution in [2.75, 3.05) is 41.9 Å². The molecule has 166 valence electrons. The molecule has 0 unspecified atom stereocenters. The number of anilines is 4. The number of ether oxygens (including phenoxy) is 1. The summed E-state index contributed by atoms with van der Waals surface area (Å²) in [5, 5.41) is 2.99. The maximum Gasteiger partial charge on any atom is 0.251 e. The van der Waals surface area contributed by atoms with Gasteiger partial charge >= 0.3 is 0 Å². The molecule has 2 heterocycles. The molecule has 0 aliphatic carbocycles. The number of amides is 2. The summed E-state index contributed by atoms with van der Waals surface area (Å²) >= 11 is 0. The van der Waals surface area contributed by atoms with Crippen molar-refractivity contribution in [2.24, 2.45) is 5.73 Å². The third-order valence-electron chi connectivity index (χ3n) is 5.40. The third kappa shape index (κ3) is 4.91. The highest BCUT2D eigenvalue weighted by Gasteiger charge is 2.26. The number of halogens is 1. The van der Waals surface area contributed by atoms with E-state index < -0.39 is 11.7 Å². The van der Waals surface area contributed by atoms with E-state index in [0.29, 0.717) is 55.4 Å². The molecule has 9 nitrogen and oxygen atoms in total. The van der Waals surface area contributed by atoms with Gasteiger partial charge in [-0.1, -0.05) is 0 Å². The first kappa shape index (κ1) is 22.4. The Balaban J connectivity index is 1.99. The van der Waals surface area contributed by atoms with Gasteiger partial charge in [-0.2, -0.15) is 4.98 Å². The van der Waals surface area contributed by atoms with Crippen LogP contribution in [0.4, 0.5) is 27.5 Å². The lowest BCUT2D eigenvalue weighted by Crippen LogP contribution is -2.40. The van der Waals surface area contributed by atoms with E-state index in [4.69, 9.17) is 10.5 Å². The maximum absolute atomic E-state index is 14.2. The molecule has 1 fully saturated rings. The van der Waals surface area contributed by atoms with Gasteiger partial charge in [-0.05, 0) is 44.4 Å². The van der Waals surface area contributed by atoms with Crippen molar-refractivity contribution in [2.45, 2.75) is 32.7 Å². The van der Waals surface area contributed by atoms with Gasteiger partial charge in [-0.3, -0.25) is 14.5 Å². The van der Waals surface area contributed by atoms with Crippen LogP contribution in [0.25, 0.3) is 0 Å². The predicted molar refractivity (Wildman–Crippen MR) is 116 cm³/mol. The van der Waals surface area contributed by atoms with Crippen LogP contribution >= 0.6 is 0 Å². The number of nitrogens with two attached hydrogens (primary N) is 1. The molecule has 3 rings (SSSR count). The Bertz CT molecular complexity index is 964. The molecule has 1 saturated heterocycles. The molecular formula is C21H27FN6O3. The van der Waals surface area contributed by atoms with Crippen molar-refractivity contribution in [3.63, 3.8) is 0 Å². The summed E-state index contributed by atoms with van der Waals surface area (Å²) < 4.78 is 19.7. The van der Waals surface area contributed by atoms with Crippen LogP contribution in [-0.4, -0.2) is 55.1 Å². The lowest BCUT2D eigenvalue weighted by atomic mass is 10.1. The van der Waals surface area contributed by atoms with Gasteiger partial charge in [0.15, 0.2) is 5.82 Å². The number of carbonyl (C=O) groups excluding carboxylic acids is 2. The van der Waals surface area contributed by atoms with Crippen LogP contribution < -0.4 is 20.9 Å². The summed E-state index contributed by atoms with van der Waals surface area (Å²) in [6, 6.07) is 2.52. The SMILES string of the molecule is CCN(C)c1cnc(Nc2cc(F)c(C(N)=O)cc2C)nc1N(C=O)C1CCOCC1. The van der Waals surface area contributed by atoms with Gasteiger partial charge in [0.2, 0.25) is 12.4 Å². The highest BCUT2D eigenvalue weighted by atomic mass is 19.1. The monoisotopic (exact) mass is 430 g/mol. The van der Waals surface area contributed by atoms with E-state index in [0.717, 1.165) is 6.41 Å². The quantitative estimate of drug-likeness (QED) is 0.618. The lowest BCUT2D eigenvalue weighted by molar-refractivity contribution is -0.108. The Hall–Kier alpha value is -3.27. The minimum Gasteiger partial charge on any atom is -0.381 e. The van der Waals surface area contributed by atoms with E-state index >= 15 is 0 Å². The molecular weight excluding hydrogens is 403 g/mol. The zero-order chi connectivity index (χ0) is 22.5. The van der Waals surface area contributed by atoms with Crippen molar-refractivity contribution in [3.8, 4) is 0 Å². The zero-order valence-electron chi connectivity index (χ0n) is 17.9. The largest absolute Gasteiger partial charge is 0.381 e. The topological polar surface area (TPSA) is 114 Å². The van der Waals surface area contributed by atoms with Crippen LogP contribution in [0.15, 0.2) is 18.3 Å². The molecule has 0 spiro atoms. The minimum atomic E-state index is -0.837. The number of nitrogens with one attached hydrogen (secondary N) is 1. The fourth-order valence-electron chi connectivity index (χ4n) is 3.45. The molecule has 1 aliphatic rings.